The number of halogens is 2. The highest BCUT2D eigenvalue weighted by molar-refractivity contribution is 9.10. The minimum absolute atomic E-state index is 0.206. The van der Waals surface area contributed by atoms with E-state index >= 15 is 0 Å². The molecule has 0 unspecified atom stereocenters. The molecule has 0 saturated heterocycles. The van der Waals surface area contributed by atoms with Gasteiger partial charge in [-0.25, -0.2) is 14.2 Å². The van der Waals surface area contributed by atoms with Crippen molar-refractivity contribution in [1.82, 2.24) is 4.98 Å². The van der Waals surface area contributed by atoms with Crippen LogP contribution in [0.25, 0.3) is 0 Å². The number of benzene rings is 1. The Labute approximate surface area is 129 Å². The fourth-order valence-corrected chi connectivity index (χ4v) is 2.10. The van der Waals surface area contributed by atoms with Gasteiger partial charge in [0.2, 0.25) is 0 Å². The molecule has 2 aromatic rings. The fraction of sp³-hybridized carbons (Fsp3) is 0.143. The number of esters is 1. The van der Waals surface area contributed by atoms with Gasteiger partial charge in [0.1, 0.15) is 17.2 Å². The summed E-state index contributed by atoms with van der Waals surface area (Å²) in [6, 6.07) is 4.42. The topological polar surface area (TPSA) is 77.2 Å². The maximum absolute atomic E-state index is 13.4. The van der Waals surface area contributed by atoms with Gasteiger partial charge in [0.25, 0.3) is 0 Å². The molecule has 0 amide bonds. The maximum Gasteiger partial charge on any atom is 0.341 e. The van der Waals surface area contributed by atoms with Gasteiger partial charge in [-0.1, -0.05) is 0 Å². The van der Waals surface area contributed by atoms with E-state index in [9.17, 15) is 9.18 Å². The molecule has 0 saturated carbocycles. The molecule has 0 atom stereocenters. The van der Waals surface area contributed by atoms with Crippen LogP contribution >= 0.6 is 15.9 Å². The van der Waals surface area contributed by atoms with E-state index < -0.39 is 5.97 Å². The van der Waals surface area contributed by atoms with Crippen molar-refractivity contribution in [3.05, 3.63) is 45.8 Å². The smallest absolute Gasteiger partial charge is 0.341 e. The number of methoxy groups -OCH3 is 1. The minimum atomic E-state index is -0.559. The number of nitrogens with two attached hydrogens (primary N) is 1. The van der Waals surface area contributed by atoms with Crippen molar-refractivity contribution >= 4 is 39.1 Å². The Kier molecular flexibility index (Phi) is 4.42. The quantitative estimate of drug-likeness (QED) is 0.826. The maximum atomic E-state index is 13.4. The molecule has 110 valence electrons. The molecule has 0 aliphatic heterocycles. The van der Waals surface area contributed by atoms with Crippen molar-refractivity contribution in [3.8, 4) is 0 Å². The SMILES string of the molecule is COC(=O)c1cc(N)cnc1Nc1cc(Br)c(F)cc1C. The first kappa shape index (κ1) is 15.2. The molecule has 0 spiro atoms. The van der Waals surface area contributed by atoms with E-state index in [4.69, 9.17) is 10.5 Å². The van der Waals surface area contributed by atoms with Gasteiger partial charge >= 0.3 is 5.97 Å². The minimum Gasteiger partial charge on any atom is -0.465 e. The lowest BCUT2D eigenvalue weighted by Gasteiger charge is -2.13. The second kappa shape index (κ2) is 6.09. The second-order valence-corrected chi connectivity index (χ2v) is 5.22. The van der Waals surface area contributed by atoms with Crippen LogP contribution < -0.4 is 11.1 Å². The molecule has 3 N–H and O–H groups in total. The zero-order valence-corrected chi connectivity index (χ0v) is 13.0. The summed E-state index contributed by atoms with van der Waals surface area (Å²) >= 11 is 3.12. The van der Waals surface area contributed by atoms with Gasteiger partial charge in [0, 0.05) is 5.69 Å². The third-order valence-corrected chi connectivity index (χ3v) is 3.44. The van der Waals surface area contributed by atoms with Crippen molar-refractivity contribution in [1.29, 1.82) is 0 Å². The van der Waals surface area contributed by atoms with Crippen LogP contribution in [0.4, 0.5) is 21.6 Å². The van der Waals surface area contributed by atoms with Crippen LogP contribution in [0.3, 0.4) is 0 Å². The standard InChI is InChI=1S/C14H13BrFN3O2/c1-7-3-11(16)10(15)5-12(7)19-13-9(14(20)21-2)4-8(17)6-18-13/h3-6H,17H2,1-2H3,(H,18,19). The Morgan fingerprint density at radius 1 is 1.43 bits per heavy atom. The molecular weight excluding hydrogens is 341 g/mol. The summed E-state index contributed by atoms with van der Waals surface area (Å²) in [6.07, 6.45) is 1.42. The number of carbonyl (C=O) groups is 1. The van der Waals surface area contributed by atoms with Crippen LogP contribution in [0.15, 0.2) is 28.9 Å². The van der Waals surface area contributed by atoms with Crippen molar-refractivity contribution in [2.45, 2.75) is 6.92 Å². The van der Waals surface area contributed by atoms with E-state index in [1.54, 1.807) is 13.0 Å². The van der Waals surface area contributed by atoms with Crippen LogP contribution in [-0.4, -0.2) is 18.1 Å². The third kappa shape index (κ3) is 3.30. The summed E-state index contributed by atoms with van der Waals surface area (Å²) < 4.78 is 18.4. The monoisotopic (exact) mass is 353 g/mol. The largest absolute Gasteiger partial charge is 0.465 e. The van der Waals surface area contributed by atoms with E-state index in [1.807, 2.05) is 0 Å². The fourth-order valence-electron chi connectivity index (χ4n) is 1.75. The molecule has 1 aromatic carbocycles. The number of nitrogens with zero attached hydrogens (tertiary/aromatic N) is 1. The number of pyridine rings is 1. The number of aryl methyl sites for hydroxylation is 1. The number of nitrogens with one attached hydrogen (secondary N) is 1. The molecule has 1 aromatic heterocycles. The highest BCUT2D eigenvalue weighted by Crippen LogP contribution is 2.28. The van der Waals surface area contributed by atoms with Crippen molar-refractivity contribution < 1.29 is 13.9 Å². The Balaban J connectivity index is 2.44. The summed E-state index contributed by atoms with van der Waals surface area (Å²) in [7, 11) is 1.27. The van der Waals surface area contributed by atoms with Crippen LogP contribution in [0.5, 0.6) is 0 Å². The van der Waals surface area contributed by atoms with Gasteiger partial charge in [-0.05, 0) is 46.6 Å². The normalized spacial score (nSPS) is 10.3. The lowest BCUT2D eigenvalue weighted by molar-refractivity contribution is 0.0601. The van der Waals surface area contributed by atoms with Crippen LogP contribution in [0.2, 0.25) is 0 Å². The predicted octanol–water partition coefficient (Wildman–Crippen LogP) is 3.40. The summed E-state index contributed by atoms with van der Waals surface area (Å²) in [6.45, 7) is 1.74. The van der Waals surface area contributed by atoms with E-state index in [2.05, 4.69) is 26.2 Å². The van der Waals surface area contributed by atoms with E-state index in [-0.39, 0.29) is 17.2 Å². The molecule has 0 radical (unpaired) electrons. The molecule has 0 bridgehead atoms. The van der Waals surface area contributed by atoms with E-state index in [1.165, 1.54) is 25.4 Å². The number of nitrogen functional groups attached to an aromatic ring is 1. The molecule has 2 rings (SSSR count). The van der Waals surface area contributed by atoms with Gasteiger partial charge in [-0.2, -0.15) is 0 Å². The van der Waals surface area contributed by atoms with Crippen LogP contribution in [0.1, 0.15) is 15.9 Å². The van der Waals surface area contributed by atoms with Gasteiger partial charge in [0.05, 0.1) is 23.5 Å². The zero-order valence-electron chi connectivity index (χ0n) is 11.4. The predicted molar refractivity (Wildman–Crippen MR) is 82.1 cm³/mol. The highest BCUT2D eigenvalue weighted by atomic mass is 79.9. The summed E-state index contributed by atoms with van der Waals surface area (Å²) in [5.41, 5.74) is 7.47. The zero-order chi connectivity index (χ0) is 15.6. The van der Waals surface area contributed by atoms with Crippen LogP contribution in [-0.2, 0) is 4.74 Å². The van der Waals surface area contributed by atoms with Crippen molar-refractivity contribution in [2.75, 3.05) is 18.2 Å². The summed E-state index contributed by atoms with van der Waals surface area (Å²) in [5.74, 6) is -0.634. The second-order valence-electron chi connectivity index (χ2n) is 4.36. The average Bonchev–Trinajstić information content (AvgIpc) is 2.45. The van der Waals surface area contributed by atoms with E-state index in [0.29, 0.717) is 21.4 Å². The van der Waals surface area contributed by atoms with Gasteiger partial charge in [-0.3, -0.25) is 0 Å². The Morgan fingerprint density at radius 2 is 2.14 bits per heavy atom. The number of hydrogen-bond acceptors (Lipinski definition) is 5. The lowest BCUT2D eigenvalue weighted by atomic mass is 10.1. The molecular formula is C14H13BrFN3O2. The van der Waals surface area contributed by atoms with Gasteiger partial charge < -0.3 is 15.8 Å². The molecule has 0 aliphatic rings. The first-order chi connectivity index (χ1) is 9.92. The molecule has 7 heteroatoms. The number of carbonyl (C=O) groups excluding carboxylic acids is 1. The van der Waals surface area contributed by atoms with Gasteiger partial charge in [-0.15, -0.1) is 0 Å². The number of rotatable bonds is 3. The number of hydrogen-bond donors (Lipinski definition) is 2. The Morgan fingerprint density at radius 3 is 2.81 bits per heavy atom. The average molecular weight is 354 g/mol. The number of anilines is 3. The Hall–Kier alpha value is -2.15. The number of aromatic nitrogens is 1. The highest BCUT2D eigenvalue weighted by Gasteiger charge is 2.15. The van der Waals surface area contributed by atoms with Crippen molar-refractivity contribution in [2.24, 2.45) is 0 Å². The lowest BCUT2D eigenvalue weighted by Crippen LogP contribution is -2.09. The molecule has 1 heterocycles. The number of ether oxygens (including phenoxy) is 1. The molecule has 0 aliphatic carbocycles. The Bertz CT molecular complexity index is 707. The summed E-state index contributed by atoms with van der Waals surface area (Å²) in [5, 5.41) is 2.99. The van der Waals surface area contributed by atoms with Crippen LogP contribution in [0, 0.1) is 12.7 Å². The first-order valence-electron chi connectivity index (χ1n) is 5.99. The van der Waals surface area contributed by atoms with Crippen molar-refractivity contribution in [3.63, 3.8) is 0 Å². The molecule has 5 nitrogen and oxygen atoms in total. The van der Waals surface area contributed by atoms with Gasteiger partial charge in [0.15, 0.2) is 0 Å². The molecule has 21 heavy (non-hydrogen) atoms. The third-order valence-electron chi connectivity index (χ3n) is 2.83. The van der Waals surface area contributed by atoms with E-state index in [0.717, 1.165) is 0 Å². The molecule has 0 fully saturated rings. The summed E-state index contributed by atoms with van der Waals surface area (Å²) in [4.78, 5) is 15.8. The first-order valence-corrected chi connectivity index (χ1v) is 6.78.